The topological polar surface area (TPSA) is 66.5 Å². The van der Waals surface area contributed by atoms with Crippen LogP contribution in [-0.2, 0) is 14.8 Å². The highest BCUT2D eigenvalue weighted by molar-refractivity contribution is 7.92. The summed E-state index contributed by atoms with van der Waals surface area (Å²) in [6.45, 7) is 5.48. The third-order valence-corrected chi connectivity index (χ3v) is 5.75. The van der Waals surface area contributed by atoms with Crippen molar-refractivity contribution in [3.8, 4) is 0 Å². The molecule has 6 heteroatoms. The van der Waals surface area contributed by atoms with Gasteiger partial charge in [0, 0.05) is 6.04 Å². The first-order valence-corrected chi connectivity index (χ1v) is 9.72. The molecule has 0 saturated heterocycles. The Morgan fingerprint density at radius 3 is 2.24 bits per heavy atom. The van der Waals surface area contributed by atoms with E-state index in [0.717, 1.165) is 16.3 Å². The number of anilines is 1. The Balaban J connectivity index is 2.37. The van der Waals surface area contributed by atoms with Crippen LogP contribution in [0.2, 0.25) is 0 Å². The number of aryl methyl sites for hydroxylation is 1. The van der Waals surface area contributed by atoms with Crippen LogP contribution in [0.4, 0.5) is 5.69 Å². The van der Waals surface area contributed by atoms with Gasteiger partial charge in [0.15, 0.2) is 0 Å². The Morgan fingerprint density at radius 2 is 1.68 bits per heavy atom. The Labute approximate surface area is 149 Å². The fourth-order valence-corrected chi connectivity index (χ4v) is 3.72. The molecule has 0 saturated carbocycles. The second-order valence-electron chi connectivity index (χ2n) is 6.04. The zero-order valence-electron chi connectivity index (χ0n) is 14.8. The molecular formula is C19H24N2O3S. The van der Waals surface area contributed by atoms with Gasteiger partial charge in [0.1, 0.15) is 6.54 Å². The molecule has 25 heavy (non-hydrogen) atoms. The standard InChI is InChI=1S/C19H24N2O3S/c1-4-16(3)20-19(22)14-21(17-8-6-5-7-9-17)25(23,24)18-12-10-15(2)11-13-18/h5-13,16H,4,14H2,1-3H3,(H,20,22)/t16-/m0/s1. The lowest BCUT2D eigenvalue weighted by Crippen LogP contribution is -2.43. The van der Waals surface area contributed by atoms with E-state index in [1.807, 2.05) is 20.8 Å². The van der Waals surface area contributed by atoms with Crippen molar-refractivity contribution in [2.75, 3.05) is 10.8 Å². The van der Waals surface area contributed by atoms with Crippen LogP contribution in [-0.4, -0.2) is 26.9 Å². The highest BCUT2D eigenvalue weighted by Gasteiger charge is 2.27. The highest BCUT2D eigenvalue weighted by atomic mass is 32.2. The van der Waals surface area contributed by atoms with Gasteiger partial charge in [0.25, 0.3) is 10.0 Å². The van der Waals surface area contributed by atoms with E-state index in [4.69, 9.17) is 0 Å². The number of sulfonamides is 1. The summed E-state index contributed by atoms with van der Waals surface area (Å²) in [5, 5.41) is 2.82. The van der Waals surface area contributed by atoms with Crippen LogP contribution >= 0.6 is 0 Å². The smallest absolute Gasteiger partial charge is 0.264 e. The molecule has 1 amide bonds. The zero-order chi connectivity index (χ0) is 18.4. The first kappa shape index (κ1) is 19.0. The van der Waals surface area contributed by atoms with E-state index in [9.17, 15) is 13.2 Å². The summed E-state index contributed by atoms with van der Waals surface area (Å²) in [6, 6.07) is 15.3. The van der Waals surface area contributed by atoms with E-state index in [2.05, 4.69) is 5.32 Å². The molecule has 0 aliphatic rings. The first-order valence-electron chi connectivity index (χ1n) is 8.28. The number of rotatable bonds is 7. The van der Waals surface area contributed by atoms with Crippen molar-refractivity contribution in [2.24, 2.45) is 0 Å². The van der Waals surface area contributed by atoms with Crippen molar-refractivity contribution in [2.45, 2.75) is 38.1 Å². The molecule has 134 valence electrons. The second-order valence-corrected chi connectivity index (χ2v) is 7.90. The molecule has 2 aromatic rings. The van der Waals surface area contributed by atoms with E-state index >= 15 is 0 Å². The molecule has 0 bridgehead atoms. The largest absolute Gasteiger partial charge is 0.352 e. The van der Waals surface area contributed by atoms with Crippen molar-refractivity contribution in [1.82, 2.24) is 5.32 Å². The lowest BCUT2D eigenvalue weighted by atomic mass is 10.2. The summed E-state index contributed by atoms with van der Waals surface area (Å²) in [7, 11) is -3.84. The van der Waals surface area contributed by atoms with E-state index < -0.39 is 10.0 Å². The molecule has 0 radical (unpaired) electrons. The number of hydrogen-bond acceptors (Lipinski definition) is 3. The molecule has 5 nitrogen and oxygen atoms in total. The van der Waals surface area contributed by atoms with Gasteiger partial charge in [-0.3, -0.25) is 9.10 Å². The number of para-hydroxylation sites is 1. The summed E-state index contributed by atoms with van der Waals surface area (Å²) in [5.41, 5.74) is 1.43. The van der Waals surface area contributed by atoms with Gasteiger partial charge in [-0.15, -0.1) is 0 Å². The van der Waals surface area contributed by atoms with Gasteiger partial charge in [-0.05, 0) is 44.5 Å². The summed E-state index contributed by atoms with van der Waals surface area (Å²) < 4.78 is 27.3. The van der Waals surface area contributed by atoms with E-state index in [0.29, 0.717) is 5.69 Å². The minimum absolute atomic E-state index is 0.00722. The minimum Gasteiger partial charge on any atom is -0.352 e. The number of carbonyl (C=O) groups excluding carboxylic acids is 1. The van der Waals surface area contributed by atoms with Gasteiger partial charge in [0.05, 0.1) is 10.6 Å². The lowest BCUT2D eigenvalue weighted by molar-refractivity contribution is -0.120. The summed E-state index contributed by atoms with van der Waals surface area (Å²) in [4.78, 5) is 12.5. The Morgan fingerprint density at radius 1 is 1.08 bits per heavy atom. The molecule has 0 aromatic heterocycles. The molecule has 0 aliphatic heterocycles. The SMILES string of the molecule is CC[C@H](C)NC(=O)CN(c1ccccc1)S(=O)(=O)c1ccc(C)cc1. The van der Waals surface area contributed by atoms with Crippen molar-refractivity contribution in [3.63, 3.8) is 0 Å². The van der Waals surface area contributed by atoms with E-state index in [-0.39, 0.29) is 23.4 Å². The third kappa shape index (κ3) is 4.82. The fraction of sp³-hybridized carbons (Fsp3) is 0.316. The van der Waals surface area contributed by atoms with E-state index in [1.54, 1.807) is 54.6 Å². The average molecular weight is 360 g/mol. The first-order chi connectivity index (χ1) is 11.8. The Bertz CT molecular complexity index is 802. The number of hydrogen-bond donors (Lipinski definition) is 1. The molecular weight excluding hydrogens is 336 g/mol. The molecule has 0 unspecified atom stereocenters. The molecule has 0 fully saturated rings. The van der Waals surface area contributed by atoms with Crippen molar-refractivity contribution in [1.29, 1.82) is 0 Å². The van der Waals surface area contributed by atoms with Crippen LogP contribution < -0.4 is 9.62 Å². The summed E-state index contributed by atoms with van der Waals surface area (Å²) in [5.74, 6) is -0.325. The number of amides is 1. The van der Waals surface area contributed by atoms with Crippen LogP contribution in [0.15, 0.2) is 59.5 Å². The van der Waals surface area contributed by atoms with Gasteiger partial charge in [-0.2, -0.15) is 0 Å². The van der Waals surface area contributed by atoms with Crippen LogP contribution in [0.3, 0.4) is 0 Å². The third-order valence-electron chi connectivity index (χ3n) is 3.96. The zero-order valence-corrected chi connectivity index (χ0v) is 15.6. The number of benzene rings is 2. The minimum atomic E-state index is -3.84. The monoisotopic (exact) mass is 360 g/mol. The lowest BCUT2D eigenvalue weighted by Gasteiger charge is -2.25. The molecule has 1 atom stereocenters. The normalized spacial score (nSPS) is 12.4. The van der Waals surface area contributed by atoms with Crippen molar-refractivity contribution < 1.29 is 13.2 Å². The van der Waals surface area contributed by atoms with Gasteiger partial charge < -0.3 is 5.32 Å². The summed E-state index contributed by atoms with van der Waals surface area (Å²) in [6.07, 6.45) is 0.780. The van der Waals surface area contributed by atoms with Gasteiger partial charge in [-0.25, -0.2) is 8.42 Å². The summed E-state index contributed by atoms with van der Waals surface area (Å²) >= 11 is 0. The highest BCUT2D eigenvalue weighted by Crippen LogP contribution is 2.23. The second kappa shape index (κ2) is 8.16. The maximum absolute atomic E-state index is 13.1. The maximum Gasteiger partial charge on any atom is 0.264 e. The van der Waals surface area contributed by atoms with Gasteiger partial charge in [-0.1, -0.05) is 42.8 Å². The molecule has 0 heterocycles. The molecule has 2 rings (SSSR count). The van der Waals surface area contributed by atoms with Gasteiger partial charge in [0.2, 0.25) is 5.91 Å². The molecule has 0 spiro atoms. The quantitative estimate of drug-likeness (QED) is 0.825. The van der Waals surface area contributed by atoms with Crippen LogP contribution in [0.1, 0.15) is 25.8 Å². The number of nitrogens with zero attached hydrogens (tertiary/aromatic N) is 1. The Hall–Kier alpha value is -2.34. The van der Waals surface area contributed by atoms with Crippen LogP contribution in [0.25, 0.3) is 0 Å². The Kier molecular flexibility index (Phi) is 6.20. The number of nitrogens with one attached hydrogen (secondary N) is 1. The fourth-order valence-electron chi connectivity index (χ4n) is 2.30. The van der Waals surface area contributed by atoms with Crippen molar-refractivity contribution in [3.05, 3.63) is 60.2 Å². The molecule has 0 aliphatic carbocycles. The van der Waals surface area contributed by atoms with Crippen LogP contribution in [0.5, 0.6) is 0 Å². The predicted molar refractivity (Wildman–Crippen MR) is 100 cm³/mol. The predicted octanol–water partition coefficient (Wildman–Crippen LogP) is 3.11. The average Bonchev–Trinajstić information content (AvgIpc) is 2.60. The molecule has 2 aromatic carbocycles. The van der Waals surface area contributed by atoms with Crippen molar-refractivity contribution >= 4 is 21.6 Å². The number of carbonyl (C=O) groups is 1. The maximum atomic E-state index is 13.1. The van der Waals surface area contributed by atoms with Crippen LogP contribution in [0, 0.1) is 6.92 Å². The van der Waals surface area contributed by atoms with E-state index in [1.165, 1.54) is 0 Å². The van der Waals surface area contributed by atoms with Gasteiger partial charge >= 0.3 is 0 Å². The molecule has 1 N–H and O–H groups in total.